The first kappa shape index (κ1) is 14.1. The Kier molecular flexibility index (Phi) is 4.38. The van der Waals surface area contributed by atoms with Gasteiger partial charge in [-0.2, -0.15) is 0 Å². The summed E-state index contributed by atoms with van der Waals surface area (Å²) in [6.07, 6.45) is -0.242. The summed E-state index contributed by atoms with van der Waals surface area (Å²) >= 11 is 5.73. The van der Waals surface area contributed by atoms with Crippen molar-refractivity contribution in [1.29, 1.82) is 0 Å². The van der Waals surface area contributed by atoms with Gasteiger partial charge in [0.15, 0.2) is 0 Å². The van der Waals surface area contributed by atoms with Gasteiger partial charge in [-0.05, 0) is 25.5 Å². The minimum absolute atomic E-state index is 0.0660. The SMILES string of the molecule is CC(=O)CC(=O)Nc1cc(Cl)c([N+](=O)[O-])cc1C. The Morgan fingerprint density at radius 1 is 1.44 bits per heavy atom. The van der Waals surface area contributed by atoms with E-state index in [9.17, 15) is 19.7 Å². The lowest BCUT2D eigenvalue weighted by Gasteiger charge is -2.08. The molecule has 0 aliphatic carbocycles. The van der Waals surface area contributed by atoms with Crippen molar-refractivity contribution < 1.29 is 14.5 Å². The Morgan fingerprint density at radius 3 is 2.56 bits per heavy atom. The van der Waals surface area contributed by atoms with Gasteiger partial charge in [0, 0.05) is 11.8 Å². The number of ketones is 1. The zero-order valence-electron chi connectivity index (χ0n) is 9.82. The van der Waals surface area contributed by atoms with Gasteiger partial charge >= 0.3 is 0 Å². The number of Topliss-reactive ketones (excluding diaryl/α,β-unsaturated/α-hetero) is 1. The Labute approximate surface area is 108 Å². The average molecular weight is 271 g/mol. The number of carbonyl (C=O) groups is 2. The molecule has 1 N–H and O–H groups in total. The van der Waals surface area contributed by atoms with Crippen molar-refractivity contribution in [2.75, 3.05) is 5.32 Å². The minimum atomic E-state index is -0.601. The second-order valence-corrected chi connectivity index (χ2v) is 4.21. The number of nitro benzene ring substituents is 1. The van der Waals surface area contributed by atoms with E-state index in [1.54, 1.807) is 6.92 Å². The van der Waals surface area contributed by atoms with Gasteiger partial charge in [0.1, 0.15) is 10.8 Å². The van der Waals surface area contributed by atoms with E-state index in [4.69, 9.17) is 11.6 Å². The van der Waals surface area contributed by atoms with Crippen LogP contribution in [0.5, 0.6) is 0 Å². The number of aryl methyl sites for hydroxylation is 1. The summed E-state index contributed by atoms with van der Waals surface area (Å²) in [6.45, 7) is 2.90. The molecule has 0 aliphatic rings. The molecule has 0 aliphatic heterocycles. The molecule has 0 heterocycles. The van der Waals surface area contributed by atoms with Crippen LogP contribution in [-0.2, 0) is 9.59 Å². The van der Waals surface area contributed by atoms with Crippen LogP contribution in [-0.4, -0.2) is 16.6 Å². The van der Waals surface area contributed by atoms with Gasteiger partial charge in [0.2, 0.25) is 5.91 Å². The largest absolute Gasteiger partial charge is 0.325 e. The molecule has 1 rings (SSSR count). The molecule has 18 heavy (non-hydrogen) atoms. The number of amides is 1. The number of hydrogen-bond donors (Lipinski definition) is 1. The number of nitrogens with one attached hydrogen (secondary N) is 1. The summed E-state index contributed by atoms with van der Waals surface area (Å²) < 4.78 is 0. The van der Waals surface area contributed by atoms with Gasteiger partial charge in [0.25, 0.3) is 5.69 Å². The van der Waals surface area contributed by atoms with E-state index in [0.29, 0.717) is 11.3 Å². The number of nitro groups is 1. The van der Waals surface area contributed by atoms with Crippen molar-refractivity contribution in [1.82, 2.24) is 0 Å². The number of hydrogen-bond acceptors (Lipinski definition) is 4. The van der Waals surface area contributed by atoms with Gasteiger partial charge in [-0.1, -0.05) is 11.6 Å². The number of benzene rings is 1. The summed E-state index contributed by atoms with van der Waals surface area (Å²) in [5, 5.41) is 13.1. The number of halogens is 1. The molecular weight excluding hydrogens is 260 g/mol. The highest BCUT2D eigenvalue weighted by Crippen LogP contribution is 2.30. The third-order valence-corrected chi connectivity index (χ3v) is 2.48. The molecule has 0 aromatic heterocycles. The predicted molar refractivity (Wildman–Crippen MR) is 66.8 cm³/mol. The van der Waals surface area contributed by atoms with Gasteiger partial charge < -0.3 is 5.32 Å². The molecule has 0 bridgehead atoms. The summed E-state index contributed by atoms with van der Waals surface area (Å²) in [5.74, 6) is -0.742. The number of carbonyl (C=O) groups excluding carboxylic acids is 2. The summed E-state index contributed by atoms with van der Waals surface area (Å²) in [4.78, 5) is 32.2. The molecule has 0 unspecified atom stereocenters. The Balaban J connectivity index is 2.98. The maximum absolute atomic E-state index is 11.4. The Morgan fingerprint density at radius 2 is 2.06 bits per heavy atom. The highest BCUT2D eigenvalue weighted by molar-refractivity contribution is 6.33. The number of rotatable bonds is 4. The van der Waals surface area contributed by atoms with Crippen LogP contribution in [0.15, 0.2) is 12.1 Å². The highest BCUT2D eigenvalue weighted by atomic mass is 35.5. The van der Waals surface area contributed by atoms with Crippen LogP contribution in [0.1, 0.15) is 18.9 Å². The standard InChI is InChI=1S/C11H11ClN2O4/c1-6-3-10(14(17)18)8(12)5-9(6)13-11(16)4-7(2)15/h3,5H,4H2,1-2H3,(H,13,16). The smallest absolute Gasteiger partial charge is 0.288 e. The van der Waals surface area contributed by atoms with E-state index in [-0.39, 0.29) is 22.9 Å². The van der Waals surface area contributed by atoms with E-state index in [1.807, 2.05) is 0 Å². The molecule has 0 spiro atoms. The van der Waals surface area contributed by atoms with Crippen molar-refractivity contribution in [3.63, 3.8) is 0 Å². The fourth-order valence-electron chi connectivity index (χ4n) is 1.36. The Hall–Kier alpha value is -1.95. The third kappa shape index (κ3) is 3.53. The molecule has 0 saturated carbocycles. The maximum Gasteiger partial charge on any atom is 0.288 e. The van der Waals surface area contributed by atoms with Crippen LogP contribution >= 0.6 is 11.6 Å². The van der Waals surface area contributed by atoms with E-state index in [0.717, 1.165) is 0 Å². The Bertz CT molecular complexity index is 528. The molecule has 96 valence electrons. The fraction of sp³-hybridized carbons (Fsp3) is 0.273. The molecule has 6 nitrogen and oxygen atoms in total. The van der Waals surface area contributed by atoms with Crippen molar-refractivity contribution in [3.05, 3.63) is 32.8 Å². The third-order valence-electron chi connectivity index (χ3n) is 2.17. The summed E-state index contributed by atoms with van der Waals surface area (Å²) in [7, 11) is 0. The second-order valence-electron chi connectivity index (χ2n) is 3.80. The van der Waals surface area contributed by atoms with E-state index in [1.165, 1.54) is 19.1 Å². The monoisotopic (exact) mass is 270 g/mol. The first-order chi connectivity index (χ1) is 8.31. The average Bonchev–Trinajstić information content (AvgIpc) is 2.21. The van der Waals surface area contributed by atoms with Crippen molar-refractivity contribution >= 4 is 34.7 Å². The van der Waals surface area contributed by atoms with Gasteiger partial charge in [-0.3, -0.25) is 19.7 Å². The van der Waals surface area contributed by atoms with Crippen LogP contribution in [0.3, 0.4) is 0 Å². The van der Waals surface area contributed by atoms with Crippen LogP contribution in [0.2, 0.25) is 5.02 Å². The van der Waals surface area contributed by atoms with E-state index < -0.39 is 10.8 Å². The normalized spacial score (nSPS) is 9.94. The first-order valence-corrected chi connectivity index (χ1v) is 5.43. The lowest BCUT2D eigenvalue weighted by molar-refractivity contribution is -0.384. The highest BCUT2D eigenvalue weighted by Gasteiger charge is 2.16. The van der Waals surface area contributed by atoms with Gasteiger partial charge in [-0.25, -0.2) is 0 Å². The molecular formula is C11H11ClN2O4. The van der Waals surface area contributed by atoms with Gasteiger partial charge in [0.05, 0.1) is 11.3 Å². The minimum Gasteiger partial charge on any atom is -0.325 e. The van der Waals surface area contributed by atoms with Crippen molar-refractivity contribution in [3.8, 4) is 0 Å². The zero-order valence-corrected chi connectivity index (χ0v) is 10.6. The quantitative estimate of drug-likeness (QED) is 0.517. The molecule has 0 atom stereocenters. The van der Waals surface area contributed by atoms with Crippen molar-refractivity contribution in [2.45, 2.75) is 20.3 Å². The summed E-state index contributed by atoms with van der Waals surface area (Å²) in [5.41, 5.74) is 0.638. The molecule has 1 aromatic carbocycles. The zero-order chi connectivity index (χ0) is 13.9. The second kappa shape index (κ2) is 5.59. The maximum atomic E-state index is 11.4. The fourth-order valence-corrected chi connectivity index (χ4v) is 1.59. The van der Waals surface area contributed by atoms with Crippen LogP contribution < -0.4 is 5.32 Å². The molecule has 1 aromatic rings. The lowest BCUT2D eigenvalue weighted by Crippen LogP contribution is -2.15. The lowest BCUT2D eigenvalue weighted by atomic mass is 10.1. The molecule has 7 heteroatoms. The first-order valence-electron chi connectivity index (χ1n) is 5.05. The van der Waals surface area contributed by atoms with E-state index >= 15 is 0 Å². The molecule has 0 fully saturated rings. The van der Waals surface area contributed by atoms with Crippen LogP contribution in [0, 0.1) is 17.0 Å². The topological polar surface area (TPSA) is 89.3 Å². The molecule has 1 amide bonds. The van der Waals surface area contributed by atoms with Crippen molar-refractivity contribution in [2.24, 2.45) is 0 Å². The van der Waals surface area contributed by atoms with Crippen LogP contribution in [0.25, 0.3) is 0 Å². The number of anilines is 1. The number of nitrogens with zero attached hydrogens (tertiary/aromatic N) is 1. The molecule has 0 radical (unpaired) electrons. The van der Waals surface area contributed by atoms with E-state index in [2.05, 4.69) is 5.32 Å². The predicted octanol–water partition coefficient (Wildman–Crippen LogP) is 2.47. The summed E-state index contributed by atoms with van der Waals surface area (Å²) in [6, 6.07) is 2.57. The molecule has 0 saturated heterocycles. The van der Waals surface area contributed by atoms with Crippen LogP contribution in [0.4, 0.5) is 11.4 Å². The van der Waals surface area contributed by atoms with Gasteiger partial charge in [-0.15, -0.1) is 0 Å².